The maximum atomic E-state index is 12.2. The summed E-state index contributed by atoms with van der Waals surface area (Å²) in [5.41, 5.74) is 0.846. The molecule has 0 saturated heterocycles. The molecule has 2 rings (SSSR count). The van der Waals surface area contributed by atoms with Gasteiger partial charge in [-0.1, -0.05) is 20.8 Å². The van der Waals surface area contributed by atoms with Gasteiger partial charge < -0.3 is 14.2 Å². The van der Waals surface area contributed by atoms with Crippen molar-refractivity contribution in [2.45, 2.75) is 27.2 Å². The molecule has 0 amide bonds. The van der Waals surface area contributed by atoms with E-state index in [9.17, 15) is 9.59 Å². The van der Waals surface area contributed by atoms with Crippen LogP contribution >= 0.6 is 0 Å². The highest BCUT2D eigenvalue weighted by atomic mass is 16.5. The lowest BCUT2D eigenvalue weighted by atomic mass is 10.2. The first-order valence-corrected chi connectivity index (χ1v) is 8.71. The van der Waals surface area contributed by atoms with E-state index in [1.54, 1.807) is 48.5 Å². The van der Waals surface area contributed by atoms with Gasteiger partial charge in [0.25, 0.3) is 0 Å². The fourth-order valence-corrected chi connectivity index (χ4v) is 2.05. The summed E-state index contributed by atoms with van der Waals surface area (Å²) in [4.78, 5) is 23.9. The van der Waals surface area contributed by atoms with Gasteiger partial charge in [-0.25, -0.2) is 9.59 Å². The van der Waals surface area contributed by atoms with Crippen LogP contribution in [0.1, 0.15) is 47.9 Å². The van der Waals surface area contributed by atoms with E-state index < -0.39 is 5.97 Å². The van der Waals surface area contributed by atoms with Gasteiger partial charge in [0, 0.05) is 0 Å². The van der Waals surface area contributed by atoms with Gasteiger partial charge in [-0.05, 0) is 60.9 Å². The molecular weight excluding hydrogens is 332 g/mol. The van der Waals surface area contributed by atoms with Crippen molar-refractivity contribution in [1.82, 2.24) is 0 Å². The molecule has 0 aliphatic rings. The van der Waals surface area contributed by atoms with Crippen molar-refractivity contribution in [3.05, 3.63) is 59.7 Å². The molecule has 0 atom stereocenters. The summed E-state index contributed by atoms with van der Waals surface area (Å²) >= 11 is 0. The second-order valence-corrected chi connectivity index (χ2v) is 6.28. The first kappa shape index (κ1) is 19.5. The Hall–Kier alpha value is -2.82. The number of esters is 2. The third kappa shape index (κ3) is 5.92. The molecule has 0 bridgehead atoms. The number of carbonyl (C=O) groups excluding carboxylic acids is 2. The van der Waals surface area contributed by atoms with Gasteiger partial charge in [0.1, 0.15) is 11.5 Å². The van der Waals surface area contributed by atoms with Crippen LogP contribution in [0.4, 0.5) is 0 Å². The molecule has 2 aromatic carbocycles. The standard InChI is InChI=1S/C21H24O5/c1-4-13-24-20(22)16-7-11-19(12-8-16)26-21(23)17-5-9-18(10-6-17)25-14-15(2)3/h5-12,15H,4,13-14H2,1-3H3. The van der Waals surface area contributed by atoms with E-state index in [0.29, 0.717) is 41.8 Å². The van der Waals surface area contributed by atoms with Crippen LogP contribution in [0.15, 0.2) is 48.5 Å². The zero-order chi connectivity index (χ0) is 18.9. The molecule has 0 aliphatic carbocycles. The maximum absolute atomic E-state index is 12.2. The minimum Gasteiger partial charge on any atom is -0.493 e. The Labute approximate surface area is 153 Å². The topological polar surface area (TPSA) is 61.8 Å². The second kappa shape index (κ2) is 9.61. The van der Waals surface area contributed by atoms with E-state index in [2.05, 4.69) is 13.8 Å². The van der Waals surface area contributed by atoms with Crippen LogP contribution in [0.5, 0.6) is 11.5 Å². The van der Waals surface area contributed by atoms with Crippen molar-refractivity contribution >= 4 is 11.9 Å². The molecule has 0 aromatic heterocycles. The van der Waals surface area contributed by atoms with Gasteiger partial charge in [-0.3, -0.25) is 0 Å². The highest BCUT2D eigenvalue weighted by Gasteiger charge is 2.11. The Bertz CT molecular complexity index is 717. The molecule has 0 saturated carbocycles. The van der Waals surface area contributed by atoms with Gasteiger partial charge in [-0.15, -0.1) is 0 Å². The van der Waals surface area contributed by atoms with Crippen molar-refractivity contribution in [2.24, 2.45) is 5.92 Å². The summed E-state index contributed by atoms with van der Waals surface area (Å²) < 4.78 is 16.0. The van der Waals surface area contributed by atoms with Crippen LogP contribution < -0.4 is 9.47 Å². The Kier molecular flexibility index (Phi) is 7.21. The minimum atomic E-state index is -0.471. The Morgan fingerprint density at radius 2 is 1.38 bits per heavy atom. The number of rotatable bonds is 8. The fraction of sp³-hybridized carbons (Fsp3) is 0.333. The number of benzene rings is 2. The molecule has 0 aliphatic heterocycles. The zero-order valence-electron chi connectivity index (χ0n) is 15.4. The molecule has 0 fully saturated rings. The van der Waals surface area contributed by atoms with Gasteiger partial charge in [0.05, 0.1) is 24.3 Å². The molecule has 0 spiro atoms. The summed E-state index contributed by atoms with van der Waals surface area (Å²) in [6.45, 7) is 7.07. The lowest BCUT2D eigenvalue weighted by Gasteiger charge is -2.09. The quantitative estimate of drug-likeness (QED) is 0.514. The Morgan fingerprint density at radius 1 is 0.846 bits per heavy atom. The lowest BCUT2D eigenvalue weighted by Crippen LogP contribution is -2.09. The van der Waals surface area contributed by atoms with E-state index in [4.69, 9.17) is 14.2 Å². The number of carbonyl (C=O) groups is 2. The van der Waals surface area contributed by atoms with Crippen LogP contribution in [0.25, 0.3) is 0 Å². The van der Waals surface area contributed by atoms with Gasteiger partial charge in [0.15, 0.2) is 0 Å². The molecule has 5 nitrogen and oxygen atoms in total. The Morgan fingerprint density at radius 3 is 1.92 bits per heavy atom. The summed E-state index contributed by atoms with van der Waals surface area (Å²) in [6, 6.07) is 13.1. The first-order valence-electron chi connectivity index (χ1n) is 8.71. The zero-order valence-corrected chi connectivity index (χ0v) is 15.4. The maximum Gasteiger partial charge on any atom is 0.343 e. The van der Waals surface area contributed by atoms with Crippen LogP contribution in [0.2, 0.25) is 0 Å². The summed E-state index contributed by atoms with van der Waals surface area (Å²) in [7, 11) is 0. The summed E-state index contributed by atoms with van der Waals surface area (Å²) in [6.07, 6.45) is 0.767. The highest BCUT2D eigenvalue weighted by molar-refractivity contribution is 5.92. The normalized spacial score (nSPS) is 10.5. The average molecular weight is 356 g/mol. The van der Waals surface area contributed by atoms with E-state index in [-0.39, 0.29) is 5.97 Å². The molecule has 2 aromatic rings. The van der Waals surface area contributed by atoms with Crippen molar-refractivity contribution in [3.8, 4) is 11.5 Å². The molecule has 26 heavy (non-hydrogen) atoms. The van der Waals surface area contributed by atoms with Gasteiger partial charge in [0.2, 0.25) is 0 Å². The fourth-order valence-electron chi connectivity index (χ4n) is 2.05. The molecule has 0 N–H and O–H groups in total. The van der Waals surface area contributed by atoms with E-state index in [1.165, 1.54) is 0 Å². The predicted octanol–water partition coefficient (Wildman–Crippen LogP) is 4.51. The highest BCUT2D eigenvalue weighted by Crippen LogP contribution is 2.17. The third-order valence-electron chi connectivity index (χ3n) is 3.41. The summed E-state index contributed by atoms with van der Waals surface area (Å²) in [5, 5.41) is 0. The number of hydrogen-bond donors (Lipinski definition) is 0. The molecule has 0 heterocycles. The molecular formula is C21H24O5. The van der Waals surface area contributed by atoms with Crippen molar-refractivity contribution in [2.75, 3.05) is 13.2 Å². The molecule has 5 heteroatoms. The van der Waals surface area contributed by atoms with Crippen LogP contribution in [-0.2, 0) is 4.74 Å². The largest absolute Gasteiger partial charge is 0.493 e. The third-order valence-corrected chi connectivity index (χ3v) is 3.41. The monoisotopic (exact) mass is 356 g/mol. The molecule has 0 radical (unpaired) electrons. The van der Waals surface area contributed by atoms with Crippen molar-refractivity contribution in [3.63, 3.8) is 0 Å². The second-order valence-electron chi connectivity index (χ2n) is 6.28. The summed E-state index contributed by atoms with van der Waals surface area (Å²) in [5.74, 6) is 0.651. The lowest BCUT2D eigenvalue weighted by molar-refractivity contribution is 0.0505. The van der Waals surface area contributed by atoms with Crippen molar-refractivity contribution < 1.29 is 23.8 Å². The van der Waals surface area contributed by atoms with Crippen LogP contribution in [-0.4, -0.2) is 25.2 Å². The smallest absolute Gasteiger partial charge is 0.343 e. The van der Waals surface area contributed by atoms with E-state index in [1.807, 2.05) is 6.92 Å². The predicted molar refractivity (Wildman–Crippen MR) is 98.7 cm³/mol. The van der Waals surface area contributed by atoms with Gasteiger partial charge >= 0.3 is 11.9 Å². The van der Waals surface area contributed by atoms with Crippen LogP contribution in [0.3, 0.4) is 0 Å². The molecule has 0 unspecified atom stereocenters. The van der Waals surface area contributed by atoms with E-state index >= 15 is 0 Å². The van der Waals surface area contributed by atoms with Crippen LogP contribution in [0, 0.1) is 5.92 Å². The van der Waals surface area contributed by atoms with Gasteiger partial charge in [-0.2, -0.15) is 0 Å². The average Bonchev–Trinajstić information content (AvgIpc) is 2.65. The number of ether oxygens (including phenoxy) is 3. The Balaban J connectivity index is 1.93. The van der Waals surface area contributed by atoms with Crippen molar-refractivity contribution in [1.29, 1.82) is 0 Å². The SMILES string of the molecule is CCCOC(=O)c1ccc(OC(=O)c2ccc(OCC(C)C)cc2)cc1. The van der Waals surface area contributed by atoms with E-state index in [0.717, 1.165) is 6.42 Å². The number of hydrogen-bond acceptors (Lipinski definition) is 5. The minimum absolute atomic E-state index is 0.363. The molecule has 138 valence electrons. The first-order chi connectivity index (χ1) is 12.5.